The molecule has 7 heteroatoms. The Morgan fingerprint density at radius 1 is 1.44 bits per heavy atom. The van der Waals surface area contributed by atoms with E-state index in [0.29, 0.717) is 5.69 Å². The molecule has 1 aromatic rings. The van der Waals surface area contributed by atoms with E-state index in [1.165, 1.54) is 11.8 Å². The van der Waals surface area contributed by atoms with Crippen molar-refractivity contribution in [3.8, 4) is 0 Å². The third-order valence-corrected chi connectivity index (χ3v) is 4.20. The van der Waals surface area contributed by atoms with E-state index in [1.807, 2.05) is 6.26 Å². The van der Waals surface area contributed by atoms with Gasteiger partial charge < -0.3 is 10.2 Å². The lowest BCUT2D eigenvalue weighted by molar-refractivity contribution is -0.118. The van der Waals surface area contributed by atoms with E-state index < -0.39 is 0 Å². The van der Waals surface area contributed by atoms with Gasteiger partial charge in [-0.3, -0.25) is 4.79 Å². The van der Waals surface area contributed by atoms with E-state index in [1.54, 1.807) is 0 Å². The molecule has 0 aromatic carbocycles. The lowest BCUT2D eigenvalue weighted by Gasteiger charge is -2.40. The van der Waals surface area contributed by atoms with Crippen molar-refractivity contribution in [3.05, 3.63) is 5.28 Å². The van der Waals surface area contributed by atoms with Gasteiger partial charge in [-0.15, -0.1) is 11.8 Å². The van der Waals surface area contributed by atoms with E-state index in [0.717, 1.165) is 36.7 Å². The number of nitrogens with one attached hydrogen (secondary N) is 1. The van der Waals surface area contributed by atoms with Crippen molar-refractivity contribution in [1.29, 1.82) is 0 Å². The van der Waals surface area contributed by atoms with Gasteiger partial charge >= 0.3 is 0 Å². The normalized spacial score (nSPS) is 22.2. The fourth-order valence-electron chi connectivity index (χ4n) is 2.53. The van der Waals surface area contributed by atoms with Gasteiger partial charge in [0.25, 0.3) is 0 Å². The third kappa shape index (κ3) is 1.83. The van der Waals surface area contributed by atoms with Gasteiger partial charge in [0.2, 0.25) is 11.2 Å². The van der Waals surface area contributed by atoms with Crippen LogP contribution in [-0.2, 0) is 4.79 Å². The van der Waals surface area contributed by atoms with E-state index in [4.69, 9.17) is 11.6 Å². The summed E-state index contributed by atoms with van der Waals surface area (Å²) in [5.74, 6) is 0.812. The highest BCUT2D eigenvalue weighted by Gasteiger charge is 2.37. The van der Waals surface area contributed by atoms with Gasteiger partial charge in [-0.05, 0) is 37.1 Å². The molecule has 1 fully saturated rings. The maximum atomic E-state index is 12.1. The maximum absolute atomic E-state index is 12.1. The molecule has 1 N–H and O–H groups in total. The first-order chi connectivity index (χ1) is 8.70. The van der Waals surface area contributed by atoms with Crippen molar-refractivity contribution in [2.75, 3.05) is 23.0 Å². The van der Waals surface area contributed by atoms with Crippen LogP contribution in [0.2, 0.25) is 5.28 Å². The van der Waals surface area contributed by atoms with Crippen LogP contribution in [0.25, 0.3) is 0 Å². The van der Waals surface area contributed by atoms with E-state index in [-0.39, 0.29) is 17.2 Å². The molecule has 0 bridgehead atoms. The zero-order valence-corrected chi connectivity index (χ0v) is 11.5. The molecule has 0 saturated carbocycles. The van der Waals surface area contributed by atoms with E-state index in [2.05, 4.69) is 20.2 Å². The lowest BCUT2D eigenvalue weighted by atomic mass is 9.99. The molecule has 18 heavy (non-hydrogen) atoms. The molecule has 2 aliphatic heterocycles. The Morgan fingerprint density at radius 2 is 2.28 bits per heavy atom. The van der Waals surface area contributed by atoms with E-state index in [9.17, 15) is 4.79 Å². The fraction of sp³-hybridized carbons (Fsp3) is 0.545. The molecule has 2 aliphatic rings. The summed E-state index contributed by atoms with van der Waals surface area (Å²) in [6.07, 6.45) is 4.95. The van der Waals surface area contributed by atoms with Crippen LogP contribution in [0.15, 0.2) is 5.03 Å². The zero-order chi connectivity index (χ0) is 12.7. The molecule has 3 heterocycles. The SMILES string of the molecule is CSc1nc(Cl)nc2c1NC(=O)C1CCCCN21. The number of aromatic nitrogens is 2. The second-order valence-electron chi connectivity index (χ2n) is 4.39. The van der Waals surface area contributed by atoms with Crippen molar-refractivity contribution in [2.24, 2.45) is 0 Å². The number of hydrogen-bond acceptors (Lipinski definition) is 5. The number of nitrogens with zero attached hydrogens (tertiary/aromatic N) is 3. The zero-order valence-electron chi connectivity index (χ0n) is 9.94. The highest BCUT2D eigenvalue weighted by molar-refractivity contribution is 7.98. The summed E-state index contributed by atoms with van der Waals surface area (Å²) in [6, 6.07) is -0.105. The van der Waals surface area contributed by atoms with Gasteiger partial charge in [-0.25, -0.2) is 4.98 Å². The second-order valence-corrected chi connectivity index (χ2v) is 5.53. The van der Waals surface area contributed by atoms with Crippen LogP contribution in [0, 0.1) is 0 Å². The summed E-state index contributed by atoms with van der Waals surface area (Å²) in [7, 11) is 0. The molecule has 96 valence electrons. The smallest absolute Gasteiger partial charge is 0.247 e. The summed E-state index contributed by atoms with van der Waals surface area (Å²) in [5.41, 5.74) is 0.704. The first-order valence-electron chi connectivity index (χ1n) is 5.89. The molecule has 1 saturated heterocycles. The van der Waals surface area contributed by atoms with Gasteiger partial charge in [-0.2, -0.15) is 4.98 Å². The summed E-state index contributed by atoms with van der Waals surface area (Å²) >= 11 is 7.42. The molecule has 1 amide bonds. The highest BCUT2D eigenvalue weighted by atomic mass is 35.5. The number of fused-ring (bicyclic) bond motifs is 3. The number of carbonyl (C=O) groups is 1. The molecular formula is C11H13ClN4OS. The number of carbonyl (C=O) groups excluding carboxylic acids is 1. The maximum Gasteiger partial charge on any atom is 0.247 e. The number of amides is 1. The molecular weight excluding hydrogens is 272 g/mol. The van der Waals surface area contributed by atoms with Crippen LogP contribution in [0.1, 0.15) is 19.3 Å². The minimum Gasteiger partial charge on any atom is -0.343 e. The van der Waals surface area contributed by atoms with Gasteiger partial charge in [-0.1, -0.05) is 0 Å². The van der Waals surface area contributed by atoms with Crippen LogP contribution >= 0.6 is 23.4 Å². The molecule has 0 radical (unpaired) electrons. The number of halogens is 1. The van der Waals surface area contributed by atoms with Crippen molar-refractivity contribution in [1.82, 2.24) is 9.97 Å². The number of piperidine rings is 1. The predicted octanol–water partition coefficient (Wildman–Crippen LogP) is 2.16. The number of hydrogen-bond donors (Lipinski definition) is 1. The topological polar surface area (TPSA) is 58.1 Å². The first-order valence-corrected chi connectivity index (χ1v) is 7.50. The van der Waals surface area contributed by atoms with Gasteiger partial charge in [0.1, 0.15) is 16.8 Å². The lowest BCUT2D eigenvalue weighted by Crippen LogP contribution is -2.51. The Labute approximate surface area is 114 Å². The Morgan fingerprint density at radius 3 is 3.06 bits per heavy atom. The molecule has 1 unspecified atom stereocenters. The molecule has 1 atom stereocenters. The number of rotatable bonds is 1. The van der Waals surface area contributed by atoms with Crippen LogP contribution < -0.4 is 10.2 Å². The van der Waals surface area contributed by atoms with Crippen LogP contribution in [0.5, 0.6) is 0 Å². The van der Waals surface area contributed by atoms with Crippen molar-refractivity contribution >= 4 is 40.8 Å². The van der Waals surface area contributed by atoms with Crippen molar-refractivity contribution in [2.45, 2.75) is 30.3 Å². The summed E-state index contributed by atoms with van der Waals surface area (Å²) in [4.78, 5) is 22.6. The number of anilines is 2. The quantitative estimate of drug-likeness (QED) is 0.486. The second kappa shape index (κ2) is 4.59. The van der Waals surface area contributed by atoms with Gasteiger partial charge in [0.05, 0.1) is 0 Å². The molecule has 0 aliphatic carbocycles. The molecule has 5 nitrogen and oxygen atoms in total. The van der Waals surface area contributed by atoms with Crippen LogP contribution in [0.3, 0.4) is 0 Å². The minimum absolute atomic E-state index is 0.0448. The van der Waals surface area contributed by atoms with Crippen LogP contribution in [-0.4, -0.2) is 34.7 Å². The molecule has 3 rings (SSSR count). The van der Waals surface area contributed by atoms with Crippen molar-refractivity contribution in [3.63, 3.8) is 0 Å². The monoisotopic (exact) mass is 284 g/mol. The van der Waals surface area contributed by atoms with Crippen molar-refractivity contribution < 1.29 is 4.79 Å². The minimum atomic E-state index is -0.105. The van der Waals surface area contributed by atoms with E-state index >= 15 is 0 Å². The Kier molecular flexibility index (Phi) is 3.07. The molecule has 0 spiro atoms. The highest BCUT2D eigenvalue weighted by Crippen LogP contribution is 2.39. The third-order valence-electron chi connectivity index (χ3n) is 3.35. The average Bonchev–Trinajstić information content (AvgIpc) is 2.39. The molecule has 1 aromatic heterocycles. The Hall–Kier alpha value is -1.01. The largest absolute Gasteiger partial charge is 0.343 e. The predicted molar refractivity (Wildman–Crippen MR) is 72.4 cm³/mol. The summed E-state index contributed by atoms with van der Waals surface area (Å²) < 4.78 is 0. The fourth-order valence-corrected chi connectivity index (χ4v) is 3.27. The Balaban J connectivity index is 2.12. The average molecular weight is 285 g/mol. The summed E-state index contributed by atoms with van der Waals surface area (Å²) in [5, 5.41) is 3.88. The number of thioether (sulfide) groups is 1. The van der Waals surface area contributed by atoms with Gasteiger partial charge in [0, 0.05) is 6.54 Å². The Bertz CT molecular complexity index is 510. The first kappa shape index (κ1) is 12.0. The standard InChI is InChI=1S/C11H13ClN4OS/c1-18-10-7-8(14-11(12)15-10)16-5-3-2-4-6(16)9(17)13-7/h6H,2-5H2,1H3,(H,13,17). The van der Waals surface area contributed by atoms with Gasteiger partial charge in [0.15, 0.2) is 5.82 Å². The van der Waals surface area contributed by atoms with Crippen LogP contribution in [0.4, 0.5) is 11.5 Å². The summed E-state index contributed by atoms with van der Waals surface area (Å²) in [6.45, 7) is 0.853.